The summed E-state index contributed by atoms with van der Waals surface area (Å²) in [5.41, 5.74) is 4.17. The summed E-state index contributed by atoms with van der Waals surface area (Å²) in [6.45, 7) is 0. The number of hydrogen-bond donors (Lipinski definition) is 1. The molecule has 12 heteroatoms. The number of nitrogens with two attached hydrogens (primary N) is 1. The Hall–Kier alpha value is -2.39. The van der Waals surface area contributed by atoms with E-state index in [9.17, 15) is 17.6 Å². The minimum absolute atomic E-state index is 0.130. The molecule has 0 aromatic heterocycles. The van der Waals surface area contributed by atoms with Gasteiger partial charge in [-0.2, -0.15) is 8.42 Å². The van der Waals surface area contributed by atoms with Crippen LogP contribution in [0, 0.1) is 5.82 Å². The number of ketones is 1. The zero-order valence-electron chi connectivity index (χ0n) is 15.9. The number of hydrogen-bond acceptors (Lipinski definition) is 6. The Kier molecular flexibility index (Phi) is 5.25. The van der Waals surface area contributed by atoms with Gasteiger partial charge in [0.05, 0.1) is 4.55 Å². The number of Topliss-reactive ketones (excluding diaryl/α,β-unsaturated/α-hetero) is 1. The summed E-state index contributed by atoms with van der Waals surface area (Å²) in [4.78, 5) is 13.0. The number of benzene rings is 2. The lowest BCUT2D eigenvalue weighted by atomic mass is 9.65. The second-order valence-electron chi connectivity index (χ2n) is 7.20. The zero-order valence-corrected chi connectivity index (χ0v) is 17.5. The van der Waals surface area contributed by atoms with Gasteiger partial charge in [-0.1, -0.05) is 48.0 Å². The van der Waals surface area contributed by atoms with Gasteiger partial charge in [-0.3, -0.25) is 4.79 Å². The Morgan fingerprint density at radius 3 is 2.38 bits per heavy atom. The normalized spacial score (nSPS) is 19.9. The van der Waals surface area contributed by atoms with Crippen LogP contribution in [0.5, 0.6) is 0 Å². The van der Waals surface area contributed by atoms with Gasteiger partial charge >= 0.3 is 10.1 Å². The molecule has 2 N–H and O–H groups in total. The Morgan fingerprint density at radius 1 is 1.17 bits per heavy atom. The van der Waals surface area contributed by atoms with Gasteiger partial charge in [-0.15, -0.1) is 0 Å². The van der Waals surface area contributed by atoms with Gasteiger partial charge in [0.2, 0.25) is 17.4 Å². The lowest BCUT2D eigenvalue weighted by molar-refractivity contribution is -0.126. The summed E-state index contributed by atoms with van der Waals surface area (Å²) >= 11 is 5.75. The third kappa shape index (κ3) is 3.53. The molecule has 0 unspecified atom stereocenters. The Balaban J connectivity index is 1.96. The molecule has 1 atom stereocenters. The van der Waals surface area contributed by atoms with Crippen LogP contribution in [0.3, 0.4) is 0 Å². The molecule has 0 saturated heterocycles. The molecular formula is C17H16B3ClFNO5S. The minimum atomic E-state index is -4.36. The molecule has 0 amide bonds. The highest BCUT2D eigenvalue weighted by Crippen LogP contribution is 2.39. The first-order chi connectivity index (χ1) is 13.4. The predicted molar refractivity (Wildman–Crippen MR) is 114 cm³/mol. The monoisotopic (exact) mass is 433 g/mol. The fourth-order valence-corrected chi connectivity index (χ4v) is 4.14. The number of carbonyl (C=O) groups is 1. The molecule has 3 rings (SSSR count). The van der Waals surface area contributed by atoms with Crippen molar-refractivity contribution >= 4 is 51.0 Å². The second-order valence-corrected chi connectivity index (χ2v) is 9.73. The number of halogens is 2. The van der Waals surface area contributed by atoms with E-state index in [-0.39, 0.29) is 10.6 Å². The first-order valence-corrected chi connectivity index (χ1v) is 10.4. The van der Waals surface area contributed by atoms with Crippen molar-refractivity contribution in [2.45, 2.75) is 10.0 Å². The lowest BCUT2D eigenvalue weighted by Crippen LogP contribution is -2.40. The van der Waals surface area contributed by atoms with Crippen LogP contribution in [0.15, 0.2) is 60.2 Å². The maximum absolute atomic E-state index is 14.4. The quantitative estimate of drug-likeness (QED) is 0.501. The SMILES string of the molecule is BC(B)(c1ccccc1)S(=O)(=O)OC1=C(N)O[C@](B)(c2ccc(Cl)cc2F)C1=O. The lowest BCUT2D eigenvalue weighted by Gasteiger charge is -2.26. The van der Waals surface area contributed by atoms with Crippen LogP contribution in [0.2, 0.25) is 5.02 Å². The van der Waals surface area contributed by atoms with Crippen molar-refractivity contribution in [2.75, 3.05) is 0 Å². The van der Waals surface area contributed by atoms with E-state index in [1.807, 2.05) is 0 Å². The number of carbonyl (C=O) groups excluding carboxylic acids is 1. The third-order valence-electron chi connectivity index (χ3n) is 4.91. The van der Waals surface area contributed by atoms with Crippen LogP contribution < -0.4 is 5.73 Å². The third-order valence-corrected chi connectivity index (χ3v) is 7.02. The number of rotatable bonds is 5. The van der Waals surface area contributed by atoms with Crippen molar-refractivity contribution in [3.63, 3.8) is 0 Å². The molecule has 0 spiro atoms. The largest absolute Gasteiger partial charge is 0.467 e. The standard InChI is InChI=1S/C17H16B3ClFNO5S/c18-16(11-7-6-10(21)8-12(11)22)14(24)13(15(23)27-16)28-29(25,26)17(19,20)9-4-2-1-3-5-9/h1-8H,18-20,23H2/t16-/m1/s1. The topological polar surface area (TPSA) is 95.7 Å². The molecule has 0 bridgehead atoms. The van der Waals surface area contributed by atoms with E-state index in [4.69, 9.17) is 26.3 Å². The molecule has 148 valence electrons. The van der Waals surface area contributed by atoms with Crippen LogP contribution in [0.1, 0.15) is 11.1 Å². The van der Waals surface area contributed by atoms with E-state index in [0.29, 0.717) is 5.56 Å². The van der Waals surface area contributed by atoms with Crippen molar-refractivity contribution in [1.29, 1.82) is 0 Å². The highest BCUT2D eigenvalue weighted by atomic mass is 35.5. The van der Waals surface area contributed by atoms with E-state index in [2.05, 4.69) is 0 Å². The van der Waals surface area contributed by atoms with Gasteiger partial charge in [-0.05, 0) is 17.7 Å². The van der Waals surface area contributed by atoms with E-state index >= 15 is 0 Å². The Labute approximate surface area is 175 Å². The van der Waals surface area contributed by atoms with Gasteiger partial charge in [0.15, 0.2) is 13.3 Å². The van der Waals surface area contributed by atoms with Crippen LogP contribution in [-0.2, 0) is 33.9 Å². The molecule has 6 nitrogen and oxygen atoms in total. The molecule has 0 aliphatic carbocycles. The maximum atomic E-state index is 14.4. The smallest absolute Gasteiger partial charge is 0.304 e. The first kappa shape index (κ1) is 21.3. The fraction of sp³-hybridized carbons (Fsp3) is 0.118. The molecule has 29 heavy (non-hydrogen) atoms. The molecule has 0 saturated carbocycles. The molecule has 1 aliphatic heterocycles. The summed E-state index contributed by atoms with van der Waals surface area (Å²) in [6.07, 6.45) is 0. The highest BCUT2D eigenvalue weighted by molar-refractivity contribution is 7.90. The molecule has 2 aromatic rings. The molecule has 1 aliphatic rings. The van der Waals surface area contributed by atoms with Crippen molar-refractivity contribution < 1.29 is 26.5 Å². The molecule has 1 heterocycles. The summed E-state index contributed by atoms with van der Waals surface area (Å²) in [5.74, 6) is -2.94. The molecule has 0 fully saturated rings. The Morgan fingerprint density at radius 2 is 1.79 bits per heavy atom. The average molecular weight is 433 g/mol. The minimum Gasteiger partial charge on any atom is -0.467 e. The second kappa shape index (κ2) is 7.14. The van der Waals surface area contributed by atoms with Crippen LogP contribution in [-0.4, -0.2) is 37.7 Å². The highest BCUT2D eigenvalue weighted by Gasteiger charge is 2.51. The summed E-state index contributed by atoms with van der Waals surface area (Å²) in [5, 5.41) is 0.130. The van der Waals surface area contributed by atoms with Crippen LogP contribution in [0.4, 0.5) is 4.39 Å². The van der Waals surface area contributed by atoms with Gasteiger partial charge in [0.1, 0.15) is 21.5 Å². The van der Waals surface area contributed by atoms with Crippen molar-refractivity contribution in [2.24, 2.45) is 5.73 Å². The van der Waals surface area contributed by atoms with Gasteiger partial charge in [0, 0.05) is 10.6 Å². The van der Waals surface area contributed by atoms with Crippen LogP contribution >= 0.6 is 11.6 Å². The van der Waals surface area contributed by atoms with E-state index < -0.39 is 43.4 Å². The van der Waals surface area contributed by atoms with Crippen molar-refractivity contribution in [1.82, 2.24) is 0 Å². The maximum Gasteiger partial charge on any atom is 0.304 e. The first-order valence-electron chi connectivity index (χ1n) is 8.59. The fourth-order valence-electron chi connectivity index (χ4n) is 2.97. The van der Waals surface area contributed by atoms with E-state index in [0.717, 1.165) is 6.07 Å². The van der Waals surface area contributed by atoms with Crippen molar-refractivity contribution in [3.8, 4) is 0 Å². The van der Waals surface area contributed by atoms with Gasteiger partial charge in [-0.25, -0.2) is 4.39 Å². The van der Waals surface area contributed by atoms with E-state index in [1.54, 1.807) is 30.3 Å². The van der Waals surface area contributed by atoms with Crippen molar-refractivity contribution in [3.05, 3.63) is 82.1 Å². The number of ether oxygens (including phenoxy) is 1. The van der Waals surface area contributed by atoms with Gasteiger partial charge in [0.25, 0.3) is 0 Å². The summed E-state index contributed by atoms with van der Waals surface area (Å²) in [6, 6.07) is 12.0. The summed E-state index contributed by atoms with van der Waals surface area (Å²) < 4.78 is 49.3. The average Bonchev–Trinajstić information content (AvgIpc) is 2.85. The summed E-state index contributed by atoms with van der Waals surface area (Å²) in [7, 11) is -0.213. The molecule has 0 radical (unpaired) electrons. The van der Waals surface area contributed by atoms with E-state index in [1.165, 1.54) is 35.7 Å². The van der Waals surface area contributed by atoms with Gasteiger partial charge < -0.3 is 14.7 Å². The molecule has 2 aromatic carbocycles. The molecular weight excluding hydrogens is 417 g/mol. The zero-order chi connectivity index (χ0) is 21.6. The Bertz CT molecular complexity index is 1130. The predicted octanol–water partition coefficient (Wildman–Crippen LogP) is -0.585. The van der Waals surface area contributed by atoms with Crippen LogP contribution in [0.25, 0.3) is 0 Å².